The number of amides is 2. The summed E-state index contributed by atoms with van der Waals surface area (Å²) >= 11 is 0. The number of carbonyl (C=O) groups excluding carboxylic acids is 1. The summed E-state index contributed by atoms with van der Waals surface area (Å²) < 4.78 is 38.9. The van der Waals surface area contributed by atoms with E-state index in [4.69, 9.17) is 0 Å². The molecular formula is C16H16F2N4O2S. The second kappa shape index (κ2) is 6.07. The number of halogens is 2. The van der Waals surface area contributed by atoms with Crippen LogP contribution in [-0.2, 0) is 22.6 Å². The molecule has 2 heterocycles. The molecule has 0 saturated carbocycles. The zero-order valence-electron chi connectivity index (χ0n) is 13.7. The molecule has 2 aromatic rings. The van der Waals surface area contributed by atoms with Gasteiger partial charge in [-0.15, -0.1) is 0 Å². The Hall–Kier alpha value is -2.55. The molecule has 0 spiro atoms. The van der Waals surface area contributed by atoms with Gasteiger partial charge in [0.25, 0.3) is 0 Å². The number of urea groups is 1. The monoisotopic (exact) mass is 366 g/mol. The van der Waals surface area contributed by atoms with Gasteiger partial charge < -0.3 is 4.90 Å². The molecule has 0 fully saturated rings. The minimum atomic E-state index is -2.61. The van der Waals surface area contributed by atoms with Gasteiger partial charge in [-0.3, -0.25) is 9.11 Å². The summed E-state index contributed by atoms with van der Waals surface area (Å²) in [5, 5.41) is 0.0731. The van der Waals surface area contributed by atoms with E-state index in [0.717, 1.165) is 12.1 Å². The van der Waals surface area contributed by atoms with Crippen molar-refractivity contribution in [3.8, 4) is 0 Å². The van der Waals surface area contributed by atoms with Crippen LogP contribution in [0.1, 0.15) is 11.1 Å². The fraction of sp³-hybridized carbons (Fsp3) is 0.250. The van der Waals surface area contributed by atoms with Gasteiger partial charge in [-0.05, 0) is 11.9 Å². The number of rotatable bonds is 3. The lowest BCUT2D eigenvalue weighted by Gasteiger charge is -2.34. The Morgan fingerprint density at radius 1 is 1.36 bits per heavy atom. The smallest absolute Gasteiger partial charge is 0.315 e. The van der Waals surface area contributed by atoms with E-state index < -0.39 is 27.2 Å². The van der Waals surface area contributed by atoms with E-state index in [1.807, 2.05) is 0 Å². The predicted octanol–water partition coefficient (Wildman–Crippen LogP) is 2.03. The van der Waals surface area contributed by atoms with Crippen LogP contribution >= 0.6 is 0 Å². The van der Waals surface area contributed by atoms with E-state index >= 15 is 0 Å². The molecule has 0 bridgehead atoms. The first-order chi connectivity index (χ1) is 11.7. The van der Waals surface area contributed by atoms with Gasteiger partial charge >= 0.3 is 6.03 Å². The molecule has 9 heteroatoms. The highest BCUT2D eigenvalue weighted by molar-refractivity contribution is 7.99. The molecule has 1 atom stereocenters. The van der Waals surface area contributed by atoms with Crippen molar-refractivity contribution in [1.29, 1.82) is 0 Å². The Kier molecular flexibility index (Phi) is 4.19. The summed E-state index contributed by atoms with van der Waals surface area (Å²) in [5.41, 5.74) is 0.843. The topological polar surface area (TPSA) is 66.4 Å². The molecule has 3 rings (SSSR count). The molecule has 0 aliphatic carbocycles. The number of hydrogen-bond acceptors (Lipinski definition) is 4. The third kappa shape index (κ3) is 3.32. The van der Waals surface area contributed by atoms with Crippen molar-refractivity contribution in [3.63, 3.8) is 0 Å². The molecule has 6 nitrogen and oxygen atoms in total. The van der Waals surface area contributed by atoms with Crippen LogP contribution < -0.4 is 4.90 Å². The third-order valence-electron chi connectivity index (χ3n) is 3.82. The highest BCUT2D eigenvalue weighted by Crippen LogP contribution is 2.27. The van der Waals surface area contributed by atoms with Crippen LogP contribution in [0.2, 0.25) is 0 Å². The van der Waals surface area contributed by atoms with E-state index in [1.54, 1.807) is 0 Å². The number of nitrogens with zero attached hydrogens (tertiary/aromatic N) is 4. The molecule has 0 radical (unpaired) electrons. The Bertz CT molecular complexity index is 963. The van der Waals surface area contributed by atoms with E-state index in [0.29, 0.717) is 11.4 Å². The second-order valence-electron chi connectivity index (χ2n) is 5.94. The Labute approximate surface area is 144 Å². The molecule has 1 aromatic carbocycles. The van der Waals surface area contributed by atoms with E-state index in [2.05, 4.69) is 15.8 Å². The zero-order valence-corrected chi connectivity index (χ0v) is 14.5. The molecule has 1 aliphatic heterocycles. The van der Waals surface area contributed by atoms with Crippen LogP contribution in [0.25, 0.3) is 0 Å². The first-order valence-corrected chi connectivity index (χ1v) is 9.45. The number of hydrogen-bond donors (Lipinski definition) is 0. The maximum atomic E-state index is 13.9. The summed E-state index contributed by atoms with van der Waals surface area (Å²) in [6.45, 7) is 0.147. The van der Waals surface area contributed by atoms with E-state index in [-0.39, 0.29) is 23.8 Å². The van der Waals surface area contributed by atoms with Crippen molar-refractivity contribution < 1.29 is 17.8 Å². The molecule has 2 amide bonds. The van der Waals surface area contributed by atoms with Gasteiger partial charge in [-0.1, -0.05) is 6.07 Å². The maximum Gasteiger partial charge on any atom is 0.326 e. The molecular weight excluding hydrogens is 350 g/mol. The SMILES string of the molecule is C=S(C)(=O)c1ncc2c(n1)N(C)C(=O)N(Cc1ccc(F)cc1F)C2. The van der Waals surface area contributed by atoms with Crippen molar-refractivity contribution in [3.05, 3.63) is 47.2 Å². The molecule has 0 N–H and O–H groups in total. The summed E-state index contributed by atoms with van der Waals surface area (Å²) in [5.74, 6) is 2.50. The first kappa shape index (κ1) is 17.3. The van der Waals surface area contributed by atoms with Gasteiger partial charge in [0, 0.05) is 46.2 Å². The van der Waals surface area contributed by atoms with Gasteiger partial charge in [0.2, 0.25) is 5.16 Å². The zero-order chi connectivity index (χ0) is 18.4. The molecule has 0 saturated heterocycles. The Morgan fingerprint density at radius 2 is 2.08 bits per heavy atom. The van der Waals surface area contributed by atoms with E-state index in [9.17, 15) is 17.8 Å². The standard InChI is InChI=1S/C16H16F2N4O2S/c1-21-14-11(7-19-15(20-14)25(2,3)24)9-22(16(21)23)8-10-4-5-12(17)6-13(10)18/h4-7H,2,8-9H2,1,3H3. The average molecular weight is 366 g/mol. The highest BCUT2D eigenvalue weighted by atomic mass is 32.2. The van der Waals surface area contributed by atoms with Crippen LogP contribution in [0.4, 0.5) is 19.4 Å². The average Bonchev–Trinajstić information content (AvgIpc) is 2.53. The van der Waals surface area contributed by atoms with Gasteiger partial charge in [0.15, 0.2) is 0 Å². The minimum Gasteiger partial charge on any atom is -0.315 e. The highest BCUT2D eigenvalue weighted by Gasteiger charge is 2.30. The van der Waals surface area contributed by atoms with E-state index in [1.165, 1.54) is 35.4 Å². The number of aromatic nitrogens is 2. The van der Waals surface area contributed by atoms with Crippen LogP contribution in [-0.4, -0.2) is 44.3 Å². The molecule has 1 aromatic heterocycles. The van der Waals surface area contributed by atoms with Gasteiger partial charge in [-0.2, -0.15) is 0 Å². The minimum absolute atomic E-state index is 0.0175. The Balaban J connectivity index is 1.93. The number of fused-ring (bicyclic) bond motifs is 1. The number of anilines is 1. The third-order valence-corrected chi connectivity index (χ3v) is 4.79. The van der Waals surface area contributed by atoms with Gasteiger partial charge in [-0.25, -0.2) is 23.5 Å². The van der Waals surface area contributed by atoms with Crippen molar-refractivity contribution >= 4 is 27.2 Å². The fourth-order valence-electron chi connectivity index (χ4n) is 2.55. The van der Waals surface area contributed by atoms with Crippen LogP contribution in [0.3, 0.4) is 0 Å². The summed E-state index contributed by atoms with van der Waals surface area (Å²) in [6.07, 6.45) is 2.91. The molecule has 132 valence electrons. The predicted molar refractivity (Wildman–Crippen MR) is 90.9 cm³/mol. The van der Waals surface area contributed by atoms with Crippen LogP contribution in [0.15, 0.2) is 29.6 Å². The van der Waals surface area contributed by atoms with Crippen molar-refractivity contribution in [2.75, 3.05) is 18.2 Å². The quantitative estimate of drug-likeness (QED) is 0.616. The lowest BCUT2D eigenvalue weighted by atomic mass is 10.1. The largest absolute Gasteiger partial charge is 0.326 e. The van der Waals surface area contributed by atoms with Gasteiger partial charge in [0.05, 0.1) is 13.1 Å². The molecule has 1 aliphatic rings. The molecule has 1 unspecified atom stereocenters. The Morgan fingerprint density at radius 3 is 2.72 bits per heavy atom. The lowest BCUT2D eigenvalue weighted by Crippen LogP contribution is -2.45. The van der Waals surface area contributed by atoms with Crippen LogP contribution in [0, 0.1) is 11.6 Å². The van der Waals surface area contributed by atoms with Crippen LogP contribution in [0.5, 0.6) is 0 Å². The molecule has 25 heavy (non-hydrogen) atoms. The summed E-state index contributed by atoms with van der Waals surface area (Å²) in [4.78, 5) is 23.5. The summed E-state index contributed by atoms with van der Waals surface area (Å²) in [6, 6.07) is 2.84. The number of benzene rings is 1. The van der Waals surface area contributed by atoms with Crippen molar-refractivity contribution in [2.24, 2.45) is 0 Å². The lowest BCUT2D eigenvalue weighted by molar-refractivity contribution is 0.195. The number of carbonyl (C=O) groups is 1. The van der Waals surface area contributed by atoms with Crippen molar-refractivity contribution in [1.82, 2.24) is 14.9 Å². The normalized spacial score (nSPS) is 16.6. The van der Waals surface area contributed by atoms with Crippen molar-refractivity contribution in [2.45, 2.75) is 18.2 Å². The first-order valence-electron chi connectivity index (χ1n) is 7.31. The van der Waals surface area contributed by atoms with Gasteiger partial charge in [0.1, 0.15) is 17.5 Å². The second-order valence-corrected chi connectivity index (χ2v) is 8.31. The fourth-order valence-corrected chi connectivity index (χ4v) is 3.10. The maximum absolute atomic E-state index is 13.9. The summed E-state index contributed by atoms with van der Waals surface area (Å²) in [7, 11) is -1.09.